The molecule has 9 aromatic carbocycles. The molecule has 0 radical (unpaired) electrons. The van der Waals surface area contributed by atoms with Gasteiger partial charge in [0.1, 0.15) is 11.3 Å². The lowest BCUT2D eigenvalue weighted by Crippen LogP contribution is -1.96. The van der Waals surface area contributed by atoms with Crippen molar-refractivity contribution in [2.24, 2.45) is 0 Å². The molecule has 0 spiro atoms. The van der Waals surface area contributed by atoms with Crippen molar-refractivity contribution in [1.29, 1.82) is 0 Å². The molecule has 0 bridgehead atoms. The Labute approximate surface area is 372 Å². The van der Waals surface area contributed by atoms with Gasteiger partial charge in [0.15, 0.2) is 11.4 Å². The number of para-hydroxylation sites is 2. The number of furan rings is 1. The van der Waals surface area contributed by atoms with E-state index in [0.29, 0.717) is 5.82 Å². The minimum Gasteiger partial charge on any atom is -0.454 e. The number of fused-ring (bicyclic) bond motifs is 9. The van der Waals surface area contributed by atoms with Gasteiger partial charge in [0.25, 0.3) is 0 Å². The zero-order valence-corrected chi connectivity index (χ0v) is 35.2. The molecule has 0 N–H and O–H groups in total. The minimum absolute atomic E-state index is 0.667. The van der Waals surface area contributed by atoms with Gasteiger partial charge in [0.2, 0.25) is 0 Å². The van der Waals surface area contributed by atoms with Gasteiger partial charge in [0.05, 0.1) is 16.9 Å². The van der Waals surface area contributed by atoms with Crippen molar-refractivity contribution in [2.45, 2.75) is 0 Å². The third kappa shape index (κ3) is 5.93. The van der Waals surface area contributed by atoms with Crippen molar-refractivity contribution in [2.75, 3.05) is 0 Å². The summed E-state index contributed by atoms with van der Waals surface area (Å²) < 4.78 is 9.26. The number of pyridine rings is 1. The summed E-state index contributed by atoms with van der Waals surface area (Å²) in [5, 5.41) is 8.09. The van der Waals surface area contributed by atoms with Crippen LogP contribution in [0.4, 0.5) is 0 Å². The summed E-state index contributed by atoms with van der Waals surface area (Å²) in [6.45, 7) is 0. The Balaban J connectivity index is 0.944. The summed E-state index contributed by atoms with van der Waals surface area (Å²) in [6, 6.07) is 74.8. The molecule has 0 atom stereocenters. The Morgan fingerprint density at radius 1 is 0.375 bits per heavy atom. The third-order valence-electron chi connectivity index (χ3n) is 12.5. The van der Waals surface area contributed by atoms with Gasteiger partial charge in [-0.05, 0) is 51.7 Å². The Kier molecular flexibility index (Phi) is 8.36. The van der Waals surface area contributed by atoms with Crippen LogP contribution in [0.1, 0.15) is 0 Å². The van der Waals surface area contributed by atoms with Crippen LogP contribution in [0.25, 0.3) is 131 Å². The van der Waals surface area contributed by atoms with Crippen molar-refractivity contribution < 1.29 is 4.42 Å². The Morgan fingerprint density at radius 2 is 0.984 bits per heavy atom. The highest BCUT2D eigenvalue weighted by Gasteiger charge is 2.21. The van der Waals surface area contributed by atoms with Crippen molar-refractivity contribution in [1.82, 2.24) is 15.0 Å². The summed E-state index contributed by atoms with van der Waals surface area (Å²) in [5.41, 5.74) is 13.7. The van der Waals surface area contributed by atoms with Crippen LogP contribution in [0, 0.1) is 0 Å². The molecule has 0 saturated carbocycles. The van der Waals surface area contributed by atoms with Gasteiger partial charge in [-0.1, -0.05) is 188 Å². The van der Waals surface area contributed by atoms with Gasteiger partial charge in [-0.2, -0.15) is 0 Å². The van der Waals surface area contributed by atoms with E-state index in [9.17, 15) is 0 Å². The van der Waals surface area contributed by atoms with Crippen LogP contribution in [-0.4, -0.2) is 15.0 Å². The van der Waals surface area contributed by atoms with Crippen LogP contribution in [-0.2, 0) is 0 Å². The summed E-state index contributed by atoms with van der Waals surface area (Å²) in [5.74, 6) is 0.667. The van der Waals surface area contributed by atoms with Crippen molar-refractivity contribution in [3.63, 3.8) is 0 Å². The number of rotatable bonds is 6. The molecule has 0 fully saturated rings. The molecule has 0 aliphatic rings. The van der Waals surface area contributed by atoms with Gasteiger partial charge in [-0.25, -0.2) is 15.0 Å². The largest absolute Gasteiger partial charge is 0.454 e. The quantitative estimate of drug-likeness (QED) is 0.167. The maximum Gasteiger partial charge on any atom is 0.162 e. The summed E-state index contributed by atoms with van der Waals surface area (Å²) >= 11 is 1.85. The number of hydrogen-bond donors (Lipinski definition) is 0. The number of hydrogen-bond acceptors (Lipinski definition) is 5. The summed E-state index contributed by atoms with van der Waals surface area (Å²) in [6.07, 6.45) is 0. The van der Waals surface area contributed by atoms with Gasteiger partial charge in [0, 0.05) is 64.1 Å². The molecule has 0 aliphatic heterocycles. The van der Waals surface area contributed by atoms with Gasteiger partial charge >= 0.3 is 0 Å². The predicted molar refractivity (Wildman–Crippen MR) is 268 cm³/mol. The molecule has 4 heterocycles. The standard InChI is InChI=1S/C59H35N3OS/c1-2-15-38(16-3-1)50-35-51(41-19-10-18-40(34-41)44-24-13-26-47-45-21-7-9-29-53(45)64-58(44)47)61-59(60-50)39-32-30-37(31-33-39)43-23-12-27-49-54-48-22-6-8-28-52(48)63-57(54)56(62-55(43)49)46-25-11-17-36-14-4-5-20-42(36)46/h1-35H. The number of aromatic nitrogens is 3. The highest BCUT2D eigenvalue weighted by Crippen LogP contribution is 2.44. The molecule has 13 aromatic rings. The molecule has 4 nitrogen and oxygen atoms in total. The SMILES string of the molecule is c1ccc(-c2cc(-c3cccc(-c4cccc5c4sc4ccccc45)c3)nc(-c3ccc(-c4cccc5c4nc(-c4cccc6ccccc46)c4oc6ccccc6c45)cc3)n2)cc1. The van der Waals surface area contributed by atoms with E-state index in [4.69, 9.17) is 19.4 Å². The van der Waals surface area contributed by atoms with Crippen LogP contribution in [0.5, 0.6) is 0 Å². The lowest BCUT2D eigenvalue weighted by molar-refractivity contribution is 0.669. The summed E-state index contributed by atoms with van der Waals surface area (Å²) in [4.78, 5) is 16.0. The predicted octanol–water partition coefficient (Wildman–Crippen LogP) is 16.4. The molecule has 5 heteroatoms. The average Bonchev–Trinajstić information content (AvgIpc) is 3.96. The monoisotopic (exact) mass is 833 g/mol. The molecule has 0 amide bonds. The first-order valence-electron chi connectivity index (χ1n) is 21.5. The van der Waals surface area contributed by atoms with Crippen LogP contribution in [0.3, 0.4) is 0 Å². The fraction of sp³-hybridized carbons (Fsp3) is 0. The Bertz CT molecular complexity index is 3960. The molecular weight excluding hydrogens is 799 g/mol. The molecule has 0 unspecified atom stereocenters. The maximum atomic E-state index is 6.67. The van der Waals surface area contributed by atoms with E-state index >= 15 is 0 Å². The molecule has 0 saturated heterocycles. The van der Waals surface area contributed by atoms with Crippen molar-refractivity contribution in [3.05, 3.63) is 212 Å². The number of nitrogens with zero attached hydrogens (tertiary/aromatic N) is 3. The molecule has 0 aliphatic carbocycles. The van der Waals surface area contributed by atoms with Gasteiger partial charge < -0.3 is 4.42 Å². The van der Waals surface area contributed by atoms with E-state index in [1.54, 1.807) is 0 Å². The normalized spacial score (nSPS) is 11.8. The van der Waals surface area contributed by atoms with Crippen LogP contribution >= 0.6 is 11.3 Å². The topological polar surface area (TPSA) is 51.8 Å². The maximum absolute atomic E-state index is 6.67. The lowest BCUT2D eigenvalue weighted by Gasteiger charge is -2.13. The highest BCUT2D eigenvalue weighted by atomic mass is 32.1. The van der Waals surface area contributed by atoms with Gasteiger partial charge in [-0.15, -0.1) is 11.3 Å². The molecular formula is C59H35N3OS. The zero-order valence-electron chi connectivity index (χ0n) is 34.4. The highest BCUT2D eigenvalue weighted by molar-refractivity contribution is 7.26. The number of benzene rings is 9. The van der Waals surface area contributed by atoms with Crippen LogP contribution in [0.2, 0.25) is 0 Å². The van der Waals surface area contributed by atoms with Crippen molar-refractivity contribution in [3.8, 4) is 67.4 Å². The zero-order chi connectivity index (χ0) is 42.1. The second-order valence-corrected chi connectivity index (χ2v) is 17.3. The average molecular weight is 834 g/mol. The van der Waals surface area contributed by atoms with Crippen molar-refractivity contribution >= 4 is 75.1 Å². The van der Waals surface area contributed by atoms with E-state index < -0.39 is 0 Å². The molecule has 4 aromatic heterocycles. The second-order valence-electron chi connectivity index (χ2n) is 16.3. The van der Waals surface area contributed by atoms with E-state index in [1.165, 1.54) is 25.7 Å². The van der Waals surface area contributed by atoms with E-state index in [-0.39, 0.29) is 0 Å². The van der Waals surface area contributed by atoms with Crippen LogP contribution in [0.15, 0.2) is 217 Å². The fourth-order valence-electron chi connectivity index (χ4n) is 9.46. The first-order chi connectivity index (χ1) is 31.7. The smallest absolute Gasteiger partial charge is 0.162 e. The third-order valence-corrected chi connectivity index (χ3v) is 13.7. The van der Waals surface area contributed by atoms with Gasteiger partial charge in [-0.3, -0.25) is 0 Å². The molecule has 13 rings (SSSR count). The Hall–Kier alpha value is -8.25. The molecule has 64 heavy (non-hydrogen) atoms. The summed E-state index contributed by atoms with van der Waals surface area (Å²) in [7, 11) is 0. The Morgan fingerprint density at radius 3 is 1.86 bits per heavy atom. The lowest BCUT2D eigenvalue weighted by atomic mass is 9.95. The second kappa shape index (κ2) is 14.7. The van der Waals surface area contributed by atoms with E-state index in [1.807, 2.05) is 29.5 Å². The van der Waals surface area contributed by atoms with Crippen LogP contribution < -0.4 is 0 Å². The first kappa shape index (κ1) is 36.4. The van der Waals surface area contributed by atoms with E-state index in [2.05, 4.69) is 194 Å². The molecule has 298 valence electrons. The first-order valence-corrected chi connectivity index (χ1v) is 22.3. The number of thiophene rings is 1. The minimum atomic E-state index is 0.667. The fourth-order valence-corrected chi connectivity index (χ4v) is 10.7. The van der Waals surface area contributed by atoms with E-state index in [0.717, 1.165) is 99.6 Å².